The van der Waals surface area contributed by atoms with Crippen molar-refractivity contribution in [2.75, 3.05) is 13.7 Å². The maximum Gasteiger partial charge on any atom is 0.227 e. The molecule has 0 aliphatic rings. The first-order valence-electron chi connectivity index (χ1n) is 8.94. The number of nitrogens with zero attached hydrogens (tertiary/aromatic N) is 2. The van der Waals surface area contributed by atoms with Gasteiger partial charge in [-0.3, -0.25) is 4.79 Å². The molecule has 0 bridgehead atoms. The van der Waals surface area contributed by atoms with Crippen molar-refractivity contribution >= 4 is 5.91 Å². The van der Waals surface area contributed by atoms with Gasteiger partial charge < -0.3 is 14.6 Å². The molecule has 0 aliphatic carbocycles. The lowest BCUT2D eigenvalue weighted by molar-refractivity contribution is -0.121. The minimum absolute atomic E-state index is 0.0417. The Hall–Kier alpha value is -3.15. The molecule has 1 amide bonds. The number of hydrogen-bond acceptors (Lipinski definition) is 5. The zero-order valence-electron chi connectivity index (χ0n) is 15.6. The van der Waals surface area contributed by atoms with E-state index in [9.17, 15) is 4.79 Å². The molecular formula is C21H23N3O3. The fourth-order valence-electron chi connectivity index (χ4n) is 2.73. The van der Waals surface area contributed by atoms with E-state index in [4.69, 9.17) is 9.26 Å². The third kappa shape index (κ3) is 5.17. The molecule has 0 fully saturated rings. The van der Waals surface area contributed by atoms with E-state index in [1.807, 2.05) is 55.5 Å². The van der Waals surface area contributed by atoms with Crippen LogP contribution in [0.4, 0.5) is 0 Å². The first-order chi connectivity index (χ1) is 13.2. The molecular weight excluding hydrogens is 342 g/mol. The van der Waals surface area contributed by atoms with Crippen molar-refractivity contribution in [1.29, 1.82) is 0 Å². The molecule has 0 saturated carbocycles. The van der Waals surface area contributed by atoms with Gasteiger partial charge in [-0.1, -0.05) is 53.2 Å². The van der Waals surface area contributed by atoms with E-state index < -0.39 is 0 Å². The summed E-state index contributed by atoms with van der Waals surface area (Å²) in [5, 5.41) is 6.90. The van der Waals surface area contributed by atoms with Crippen LogP contribution in [0.1, 0.15) is 23.4 Å². The molecule has 0 saturated heterocycles. The summed E-state index contributed by atoms with van der Waals surface area (Å²) in [5.41, 5.74) is 3.14. The molecule has 140 valence electrons. The molecule has 1 aromatic heterocycles. The molecule has 0 spiro atoms. The van der Waals surface area contributed by atoms with Crippen LogP contribution in [0.25, 0.3) is 11.4 Å². The lowest BCUT2D eigenvalue weighted by Gasteiger charge is -2.08. The number of carbonyl (C=O) groups is 1. The van der Waals surface area contributed by atoms with Crippen LogP contribution in [0.15, 0.2) is 53.1 Å². The Balaban J connectivity index is 1.45. The average Bonchev–Trinajstić information content (AvgIpc) is 3.16. The molecule has 27 heavy (non-hydrogen) atoms. The fourth-order valence-corrected chi connectivity index (χ4v) is 2.73. The number of ether oxygens (including phenoxy) is 1. The van der Waals surface area contributed by atoms with E-state index in [-0.39, 0.29) is 5.91 Å². The maximum absolute atomic E-state index is 12.0. The number of para-hydroxylation sites is 1. The number of benzene rings is 2. The van der Waals surface area contributed by atoms with Crippen molar-refractivity contribution in [2.24, 2.45) is 0 Å². The SMILES string of the molecule is COc1ccccc1CCNC(=O)CCc1nc(-c2ccc(C)cc2)no1. The van der Waals surface area contributed by atoms with Crippen LogP contribution < -0.4 is 10.1 Å². The van der Waals surface area contributed by atoms with Gasteiger partial charge in [0.15, 0.2) is 0 Å². The summed E-state index contributed by atoms with van der Waals surface area (Å²) >= 11 is 0. The van der Waals surface area contributed by atoms with E-state index in [1.54, 1.807) is 7.11 Å². The molecule has 6 nitrogen and oxygen atoms in total. The summed E-state index contributed by atoms with van der Waals surface area (Å²) in [4.78, 5) is 16.4. The predicted octanol–water partition coefficient (Wildman–Crippen LogP) is 3.35. The van der Waals surface area contributed by atoms with Crippen molar-refractivity contribution in [3.8, 4) is 17.1 Å². The standard InChI is InChI=1S/C21H23N3O3/c1-15-7-9-17(10-8-15)21-23-20(27-24-21)12-11-19(25)22-14-13-16-5-3-4-6-18(16)26-2/h3-10H,11-14H2,1-2H3,(H,22,25). The van der Waals surface area contributed by atoms with Gasteiger partial charge >= 0.3 is 0 Å². The molecule has 0 atom stereocenters. The van der Waals surface area contributed by atoms with E-state index in [0.717, 1.165) is 16.9 Å². The van der Waals surface area contributed by atoms with Gasteiger partial charge in [-0.15, -0.1) is 0 Å². The highest BCUT2D eigenvalue weighted by Gasteiger charge is 2.11. The van der Waals surface area contributed by atoms with E-state index >= 15 is 0 Å². The highest BCUT2D eigenvalue weighted by molar-refractivity contribution is 5.76. The smallest absolute Gasteiger partial charge is 0.227 e. The Bertz CT molecular complexity index is 888. The van der Waals surface area contributed by atoms with Gasteiger partial charge in [-0.2, -0.15) is 4.98 Å². The van der Waals surface area contributed by atoms with Crippen LogP contribution in [0, 0.1) is 6.92 Å². The summed E-state index contributed by atoms with van der Waals surface area (Å²) < 4.78 is 10.6. The Morgan fingerprint density at radius 3 is 2.67 bits per heavy atom. The van der Waals surface area contributed by atoms with Gasteiger partial charge in [-0.05, 0) is 25.0 Å². The second kappa shape index (κ2) is 8.98. The van der Waals surface area contributed by atoms with Crippen molar-refractivity contribution in [3.63, 3.8) is 0 Å². The third-order valence-corrected chi connectivity index (χ3v) is 4.25. The van der Waals surface area contributed by atoms with Crippen LogP contribution in [0.2, 0.25) is 0 Å². The number of amides is 1. The van der Waals surface area contributed by atoms with Crippen molar-refractivity contribution < 1.29 is 14.1 Å². The molecule has 2 aromatic carbocycles. The number of nitrogens with one attached hydrogen (secondary N) is 1. The predicted molar refractivity (Wildman–Crippen MR) is 102 cm³/mol. The quantitative estimate of drug-likeness (QED) is 0.662. The van der Waals surface area contributed by atoms with Crippen molar-refractivity contribution in [1.82, 2.24) is 15.5 Å². The van der Waals surface area contributed by atoms with E-state index in [1.165, 1.54) is 5.56 Å². The van der Waals surface area contributed by atoms with Crippen LogP contribution >= 0.6 is 0 Å². The number of hydrogen-bond donors (Lipinski definition) is 1. The topological polar surface area (TPSA) is 77.2 Å². The van der Waals surface area contributed by atoms with Crippen LogP contribution in [-0.2, 0) is 17.6 Å². The van der Waals surface area contributed by atoms with Crippen LogP contribution in [0.5, 0.6) is 5.75 Å². The van der Waals surface area contributed by atoms with Gasteiger partial charge in [0.2, 0.25) is 17.6 Å². The highest BCUT2D eigenvalue weighted by Crippen LogP contribution is 2.18. The summed E-state index contributed by atoms with van der Waals surface area (Å²) in [6.45, 7) is 2.58. The summed E-state index contributed by atoms with van der Waals surface area (Å²) in [6, 6.07) is 15.7. The van der Waals surface area contributed by atoms with Gasteiger partial charge in [0, 0.05) is 24.9 Å². The van der Waals surface area contributed by atoms with Gasteiger partial charge in [0.25, 0.3) is 0 Å². The fraction of sp³-hybridized carbons (Fsp3) is 0.286. The highest BCUT2D eigenvalue weighted by atomic mass is 16.5. The van der Waals surface area contributed by atoms with Crippen LogP contribution in [0.3, 0.4) is 0 Å². The zero-order chi connectivity index (χ0) is 19.1. The number of carbonyl (C=O) groups excluding carboxylic acids is 1. The molecule has 6 heteroatoms. The Kier molecular flexibility index (Phi) is 6.20. The summed E-state index contributed by atoms with van der Waals surface area (Å²) in [6.07, 6.45) is 1.44. The minimum Gasteiger partial charge on any atom is -0.496 e. The molecule has 0 aliphatic heterocycles. The summed E-state index contributed by atoms with van der Waals surface area (Å²) in [7, 11) is 1.65. The normalized spacial score (nSPS) is 10.6. The van der Waals surface area contributed by atoms with Crippen LogP contribution in [-0.4, -0.2) is 29.7 Å². The third-order valence-electron chi connectivity index (χ3n) is 4.25. The Morgan fingerprint density at radius 2 is 1.89 bits per heavy atom. The van der Waals surface area contributed by atoms with Crippen molar-refractivity contribution in [3.05, 3.63) is 65.5 Å². The Morgan fingerprint density at radius 1 is 1.11 bits per heavy atom. The van der Waals surface area contributed by atoms with E-state index in [0.29, 0.717) is 37.5 Å². The van der Waals surface area contributed by atoms with E-state index in [2.05, 4.69) is 15.5 Å². The second-order valence-corrected chi connectivity index (χ2v) is 6.29. The molecule has 1 heterocycles. The molecule has 3 aromatic rings. The molecule has 0 unspecified atom stereocenters. The monoisotopic (exact) mass is 365 g/mol. The molecule has 0 radical (unpaired) electrons. The molecule has 3 rings (SSSR count). The van der Waals surface area contributed by atoms with Gasteiger partial charge in [-0.25, -0.2) is 0 Å². The zero-order valence-corrected chi connectivity index (χ0v) is 15.6. The number of methoxy groups -OCH3 is 1. The van der Waals surface area contributed by atoms with Crippen molar-refractivity contribution in [2.45, 2.75) is 26.2 Å². The lowest BCUT2D eigenvalue weighted by atomic mass is 10.1. The minimum atomic E-state index is -0.0417. The first-order valence-corrected chi connectivity index (χ1v) is 8.94. The number of aromatic nitrogens is 2. The largest absolute Gasteiger partial charge is 0.496 e. The second-order valence-electron chi connectivity index (χ2n) is 6.29. The average molecular weight is 365 g/mol. The first kappa shape index (κ1) is 18.6. The van der Waals surface area contributed by atoms with Gasteiger partial charge in [0.05, 0.1) is 7.11 Å². The summed E-state index contributed by atoms with van der Waals surface area (Å²) in [5.74, 6) is 1.80. The number of aryl methyl sites for hydroxylation is 2. The lowest BCUT2D eigenvalue weighted by Crippen LogP contribution is -2.26. The Labute approximate surface area is 158 Å². The number of rotatable bonds is 8. The maximum atomic E-state index is 12.0. The van der Waals surface area contributed by atoms with Gasteiger partial charge in [0.1, 0.15) is 5.75 Å². The molecule has 1 N–H and O–H groups in total.